The van der Waals surface area contributed by atoms with E-state index in [-0.39, 0.29) is 29.0 Å². The van der Waals surface area contributed by atoms with Gasteiger partial charge < -0.3 is 28.5 Å². The third kappa shape index (κ3) is 5.55. The number of aliphatic hydroxyl groups excluding tert-OH is 1. The number of unbranched alkanes of at least 4 members (excludes halogenated alkanes) is 2. The van der Waals surface area contributed by atoms with Crippen molar-refractivity contribution in [2.45, 2.75) is 104 Å². The van der Waals surface area contributed by atoms with Gasteiger partial charge in [0.15, 0.2) is 0 Å². The highest BCUT2D eigenvalue weighted by atomic mass is 16.6. The van der Waals surface area contributed by atoms with Crippen molar-refractivity contribution >= 4 is 11.9 Å². The molecule has 2 saturated carbocycles. The molecule has 10 nitrogen and oxygen atoms in total. The lowest BCUT2D eigenvalue weighted by atomic mass is 9.42. The lowest BCUT2D eigenvalue weighted by molar-refractivity contribution is -0.271. The first-order valence-corrected chi connectivity index (χ1v) is 15.7. The number of hydrogen-bond acceptors (Lipinski definition) is 10. The molecule has 3 heterocycles. The van der Waals surface area contributed by atoms with Crippen molar-refractivity contribution in [3.05, 3.63) is 46.6 Å². The van der Waals surface area contributed by atoms with Crippen LogP contribution in [0.5, 0.6) is 5.75 Å². The average Bonchev–Trinajstić information content (AvgIpc) is 2.95. The van der Waals surface area contributed by atoms with Crippen LogP contribution in [0.1, 0.15) is 91.7 Å². The molecule has 44 heavy (non-hydrogen) atoms. The second kappa shape index (κ2) is 12.3. The summed E-state index contributed by atoms with van der Waals surface area (Å²) < 4.78 is 30.6. The van der Waals surface area contributed by atoms with Crippen molar-refractivity contribution in [1.82, 2.24) is 4.98 Å². The molecule has 0 amide bonds. The maximum Gasteiger partial charge on any atom is 0.345 e. The minimum Gasteiger partial charge on any atom is -0.482 e. The van der Waals surface area contributed by atoms with Crippen molar-refractivity contribution in [2.75, 3.05) is 13.2 Å². The highest BCUT2D eigenvalue weighted by Crippen LogP contribution is 2.67. The Balaban J connectivity index is 1.61. The molecule has 0 saturated heterocycles. The van der Waals surface area contributed by atoms with Gasteiger partial charge in [-0.25, -0.2) is 4.79 Å². The molecule has 0 radical (unpaired) electrons. The normalized spacial score (nSPS) is 34.1. The van der Waals surface area contributed by atoms with Crippen molar-refractivity contribution < 1.29 is 38.1 Å². The lowest BCUT2D eigenvalue weighted by Gasteiger charge is -2.66. The fourth-order valence-corrected chi connectivity index (χ4v) is 8.53. The molecule has 2 aliphatic carbocycles. The first-order valence-electron chi connectivity index (χ1n) is 15.7. The number of fused-ring (bicyclic) bond motifs is 4. The molecule has 1 aliphatic heterocycles. The number of aliphatic hydroxyl groups is 1. The van der Waals surface area contributed by atoms with Crippen molar-refractivity contribution in [1.29, 1.82) is 0 Å². The van der Waals surface area contributed by atoms with E-state index in [0.29, 0.717) is 38.0 Å². The molecule has 10 heteroatoms. The standard InChI is InChI=1S/C34H45NO9/c1-7-8-9-15-40-19-33(5)25-17-27(42-21(3)37)34(6)30(32(25,4)13-12-26(33)41-20(2)36)29(38)28-24(44-34)16-23(43-31(28)39)22-11-10-14-35-18-22/h10-11,14,16,18,25-27,29-30,38H,7-9,12-13,15,17,19H2,1-6H3/t25-,26+,27+,29+,30-,32+,33+,34-/m1/s1. The van der Waals surface area contributed by atoms with Crippen LogP contribution in [0.15, 0.2) is 39.8 Å². The summed E-state index contributed by atoms with van der Waals surface area (Å²) in [7, 11) is 0. The van der Waals surface area contributed by atoms with Gasteiger partial charge in [-0.2, -0.15) is 0 Å². The number of aromatic nitrogens is 1. The summed E-state index contributed by atoms with van der Waals surface area (Å²) in [6, 6.07) is 5.10. The number of nitrogens with zero attached hydrogens (tertiary/aromatic N) is 1. The monoisotopic (exact) mass is 611 g/mol. The summed E-state index contributed by atoms with van der Waals surface area (Å²) in [4.78, 5) is 42.4. The predicted molar refractivity (Wildman–Crippen MR) is 161 cm³/mol. The van der Waals surface area contributed by atoms with Gasteiger partial charge in [0.25, 0.3) is 0 Å². The number of pyridine rings is 1. The minimum absolute atomic E-state index is 0.0446. The topological polar surface area (TPSA) is 134 Å². The molecule has 2 aromatic heterocycles. The molecule has 5 rings (SSSR count). The fourth-order valence-electron chi connectivity index (χ4n) is 8.53. The summed E-state index contributed by atoms with van der Waals surface area (Å²) in [5.74, 6) is -1.27. The zero-order valence-corrected chi connectivity index (χ0v) is 26.6. The lowest BCUT2D eigenvalue weighted by Crippen LogP contribution is -2.71. The number of rotatable bonds is 9. The van der Waals surface area contributed by atoms with Gasteiger partial charge in [-0.3, -0.25) is 14.6 Å². The van der Waals surface area contributed by atoms with Crippen LogP contribution in [-0.4, -0.2) is 53.1 Å². The Morgan fingerprint density at radius 1 is 1.11 bits per heavy atom. The molecule has 0 unspecified atom stereocenters. The number of esters is 2. The Morgan fingerprint density at radius 2 is 1.84 bits per heavy atom. The van der Waals surface area contributed by atoms with Crippen LogP contribution in [0, 0.1) is 22.7 Å². The Bertz CT molecular complexity index is 1430. The number of carbonyl (C=O) groups excluding carboxylic acids is 2. The Morgan fingerprint density at radius 3 is 2.50 bits per heavy atom. The molecule has 1 N–H and O–H groups in total. The van der Waals surface area contributed by atoms with Gasteiger partial charge in [0.1, 0.15) is 34.9 Å². The second-order valence-corrected chi connectivity index (χ2v) is 13.4. The molecule has 0 bridgehead atoms. The van der Waals surface area contributed by atoms with E-state index in [4.69, 9.17) is 23.4 Å². The minimum atomic E-state index is -1.27. The van der Waals surface area contributed by atoms with Crippen molar-refractivity contribution in [3.8, 4) is 17.1 Å². The van der Waals surface area contributed by atoms with Crippen LogP contribution < -0.4 is 10.4 Å². The Kier molecular flexibility index (Phi) is 8.97. The molecular formula is C34H45NO9. The van der Waals surface area contributed by atoms with Gasteiger partial charge in [0, 0.05) is 55.8 Å². The first-order chi connectivity index (χ1) is 20.8. The van der Waals surface area contributed by atoms with E-state index in [1.54, 1.807) is 30.6 Å². The molecule has 8 atom stereocenters. The first kappa shape index (κ1) is 32.2. The van der Waals surface area contributed by atoms with E-state index in [9.17, 15) is 19.5 Å². The van der Waals surface area contributed by atoms with Crippen LogP contribution in [0.25, 0.3) is 11.3 Å². The molecule has 3 aliphatic rings. The third-order valence-corrected chi connectivity index (χ3v) is 10.4. The highest BCUT2D eigenvalue weighted by molar-refractivity contribution is 5.67. The summed E-state index contributed by atoms with van der Waals surface area (Å²) >= 11 is 0. The molecule has 240 valence electrons. The zero-order valence-electron chi connectivity index (χ0n) is 26.6. The van der Waals surface area contributed by atoms with Gasteiger partial charge in [0.2, 0.25) is 0 Å². The maximum atomic E-state index is 13.5. The van der Waals surface area contributed by atoms with Gasteiger partial charge in [-0.15, -0.1) is 0 Å². The molecule has 0 aromatic carbocycles. The van der Waals surface area contributed by atoms with Gasteiger partial charge in [0.05, 0.1) is 12.7 Å². The van der Waals surface area contributed by atoms with Gasteiger partial charge in [-0.05, 0) is 56.1 Å². The van der Waals surface area contributed by atoms with Crippen molar-refractivity contribution in [2.24, 2.45) is 22.7 Å². The van der Waals surface area contributed by atoms with Gasteiger partial charge >= 0.3 is 17.6 Å². The number of carbonyl (C=O) groups is 2. The maximum absolute atomic E-state index is 13.5. The fraction of sp³-hybridized carbons (Fsp3) is 0.647. The Hall–Kier alpha value is -3.24. The van der Waals surface area contributed by atoms with E-state index in [0.717, 1.165) is 19.3 Å². The van der Waals surface area contributed by atoms with E-state index in [1.807, 2.05) is 6.92 Å². The number of hydrogen-bond donors (Lipinski definition) is 1. The molecule has 2 aromatic rings. The largest absolute Gasteiger partial charge is 0.482 e. The van der Waals surface area contributed by atoms with Crippen LogP contribution in [-0.2, 0) is 23.8 Å². The van der Waals surface area contributed by atoms with Crippen LogP contribution >= 0.6 is 0 Å². The second-order valence-electron chi connectivity index (χ2n) is 13.4. The molecular weight excluding hydrogens is 566 g/mol. The van der Waals surface area contributed by atoms with Gasteiger partial charge in [-0.1, -0.05) is 33.6 Å². The van der Waals surface area contributed by atoms with E-state index in [2.05, 4.69) is 25.8 Å². The summed E-state index contributed by atoms with van der Waals surface area (Å²) in [6.07, 6.45) is 5.29. The van der Waals surface area contributed by atoms with E-state index < -0.39 is 52.3 Å². The predicted octanol–water partition coefficient (Wildman–Crippen LogP) is 5.40. The SMILES string of the molecule is CCCCCOC[C@@]1(C)[C@@H]2C[C@H](OC(C)=O)[C@@]3(C)Oc4cc(-c5cccnc5)oc(=O)c4[C@H](O)[C@@H]3[C@@]2(C)CC[C@@H]1OC(C)=O. The third-order valence-electron chi connectivity index (χ3n) is 10.4. The average molecular weight is 612 g/mol. The zero-order chi connectivity index (χ0) is 31.9. The molecule has 2 fully saturated rings. The summed E-state index contributed by atoms with van der Waals surface area (Å²) in [6.45, 7) is 11.8. The smallest absolute Gasteiger partial charge is 0.345 e. The quantitative estimate of drug-likeness (QED) is 0.290. The molecule has 0 spiro atoms. The number of ether oxygens (including phenoxy) is 4. The van der Waals surface area contributed by atoms with Crippen LogP contribution in [0.4, 0.5) is 0 Å². The summed E-state index contributed by atoms with van der Waals surface area (Å²) in [5.41, 5.74) is -2.53. The Labute approximate surface area is 258 Å². The van der Waals surface area contributed by atoms with Crippen LogP contribution in [0.2, 0.25) is 0 Å². The van der Waals surface area contributed by atoms with E-state index in [1.165, 1.54) is 13.8 Å². The highest BCUT2D eigenvalue weighted by Gasteiger charge is 2.70. The van der Waals surface area contributed by atoms with E-state index >= 15 is 0 Å². The van der Waals surface area contributed by atoms with Crippen molar-refractivity contribution in [3.63, 3.8) is 0 Å². The van der Waals surface area contributed by atoms with Crippen LogP contribution in [0.3, 0.4) is 0 Å². The summed E-state index contributed by atoms with van der Waals surface area (Å²) in [5, 5.41) is 12.2.